The molecule has 102 valence electrons. The summed E-state index contributed by atoms with van der Waals surface area (Å²) in [6.45, 7) is 4.98. The number of nitrogens with one attached hydrogen (secondary N) is 1. The maximum atomic E-state index is 5.47. The zero-order valence-electron chi connectivity index (χ0n) is 12.0. The minimum Gasteiger partial charge on any atom is -0.356 e. The number of hydrogen-bond acceptors (Lipinski definition) is 3. The van der Waals surface area contributed by atoms with E-state index in [0.717, 1.165) is 35.5 Å². The van der Waals surface area contributed by atoms with Crippen molar-refractivity contribution in [3.05, 3.63) is 41.1 Å². The Morgan fingerprint density at radius 2 is 1.95 bits per heavy atom. The van der Waals surface area contributed by atoms with Crippen LogP contribution in [0.5, 0.6) is 0 Å². The van der Waals surface area contributed by atoms with Gasteiger partial charge in [-0.25, -0.2) is 0 Å². The Balaban J connectivity index is 2.22. The number of aryl methyl sites for hydroxylation is 2. The number of nitrogens with zero attached hydrogens (tertiary/aromatic N) is 1. The molecule has 0 fully saturated rings. The van der Waals surface area contributed by atoms with E-state index >= 15 is 0 Å². The predicted octanol–water partition coefficient (Wildman–Crippen LogP) is 3.71. The predicted molar refractivity (Wildman–Crippen MR) is 78.1 cm³/mol. The van der Waals surface area contributed by atoms with E-state index in [-0.39, 0.29) is 0 Å². The number of benzene rings is 1. The Kier molecular flexibility index (Phi) is 4.74. The first-order valence-electron chi connectivity index (χ1n) is 6.95. The summed E-state index contributed by atoms with van der Waals surface area (Å²) in [5.41, 5.74) is 4.59. The van der Waals surface area contributed by atoms with Gasteiger partial charge in [0.15, 0.2) is 5.76 Å². The fraction of sp³-hybridized carbons (Fsp3) is 0.438. The van der Waals surface area contributed by atoms with Crippen LogP contribution in [0.15, 0.2) is 28.8 Å². The normalized spacial score (nSPS) is 10.9. The summed E-state index contributed by atoms with van der Waals surface area (Å²) >= 11 is 0. The lowest BCUT2D eigenvalue weighted by Gasteiger charge is -2.04. The molecule has 3 nitrogen and oxygen atoms in total. The van der Waals surface area contributed by atoms with Crippen LogP contribution < -0.4 is 5.32 Å². The molecule has 19 heavy (non-hydrogen) atoms. The highest BCUT2D eigenvalue weighted by atomic mass is 16.5. The van der Waals surface area contributed by atoms with Crippen LogP contribution in [0.2, 0.25) is 0 Å². The molecule has 0 spiro atoms. The van der Waals surface area contributed by atoms with Crippen molar-refractivity contribution in [3.63, 3.8) is 0 Å². The fourth-order valence-electron chi connectivity index (χ4n) is 2.20. The molecule has 1 aromatic carbocycles. The third kappa shape index (κ3) is 3.24. The zero-order valence-corrected chi connectivity index (χ0v) is 12.0. The average Bonchev–Trinajstić information content (AvgIpc) is 2.79. The van der Waals surface area contributed by atoms with Gasteiger partial charge in [0.2, 0.25) is 0 Å². The van der Waals surface area contributed by atoms with Crippen molar-refractivity contribution in [2.75, 3.05) is 7.05 Å². The zero-order chi connectivity index (χ0) is 13.7. The Morgan fingerprint density at radius 1 is 1.21 bits per heavy atom. The highest BCUT2D eigenvalue weighted by Crippen LogP contribution is 2.26. The quantitative estimate of drug-likeness (QED) is 0.858. The van der Waals surface area contributed by atoms with Crippen LogP contribution in [-0.2, 0) is 13.0 Å². The SMILES string of the molecule is CCCCc1ccc(-c2onc(C)c2CNC)cc1. The summed E-state index contributed by atoms with van der Waals surface area (Å²) in [4.78, 5) is 0. The highest BCUT2D eigenvalue weighted by molar-refractivity contribution is 5.62. The molecular formula is C16H22N2O. The molecule has 0 atom stereocenters. The second-order valence-corrected chi connectivity index (χ2v) is 4.91. The molecule has 0 bridgehead atoms. The van der Waals surface area contributed by atoms with Gasteiger partial charge in [0.25, 0.3) is 0 Å². The summed E-state index contributed by atoms with van der Waals surface area (Å²) < 4.78 is 5.47. The molecule has 0 aliphatic heterocycles. The van der Waals surface area contributed by atoms with Gasteiger partial charge in [0, 0.05) is 17.7 Å². The van der Waals surface area contributed by atoms with Gasteiger partial charge in [0.1, 0.15) is 0 Å². The number of rotatable bonds is 6. The summed E-state index contributed by atoms with van der Waals surface area (Å²) in [7, 11) is 1.93. The Bertz CT molecular complexity index is 514. The largest absolute Gasteiger partial charge is 0.356 e. The molecule has 0 radical (unpaired) electrons. The monoisotopic (exact) mass is 258 g/mol. The van der Waals surface area contributed by atoms with Gasteiger partial charge in [0.05, 0.1) is 5.69 Å². The molecule has 0 saturated carbocycles. The van der Waals surface area contributed by atoms with Gasteiger partial charge in [-0.3, -0.25) is 0 Å². The lowest BCUT2D eigenvalue weighted by atomic mass is 10.0. The first-order chi connectivity index (χ1) is 9.26. The van der Waals surface area contributed by atoms with E-state index < -0.39 is 0 Å². The Labute approximate surface area is 115 Å². The third-order valence-corrected chi connectivity index (χ3v) is 3.37. The molecule has 1 heterocycles. The molecule has 2 aromatic rings. The van der Waals surface area contributed by atoms with Gasteiger partial charge in [-0.1, -0.05) is 42.8 Å². The van der Waals surface area contributed by atoms with Crippen molar-refractivity contribution >= 4 is 0 Å². The smallest absolute Gasteiger partial charge is 0.171 e. The lowest BCUT2D eigenvalue weighted by molar-refractivity contribution is 0.426. The van der Waals surface area contributed by atoms with E-state index in [1.807, 2.05) is 14.0 Å². The maximum Gasteiger partial charge on any atom is 0.171 e. The lowest BCUT2D eigenvalue weighted by Crippen LogP contribution is -2.06. The van der Waals surface area contributed by atoms with Gasteiger partial charge in [-0.15, -0.1) is 0 Å². The molecule has 0 unspecified atom stereocenters. The second kappa shape index (κ2) is 6.53. The maximum absolute atomic E-state index is 5.47. The minimum absolute atomic E-state index is 0.780. The minimum atomic E-state index is 0.780. The van der Waals surface area contributed by atoms with Crippen molar-refractivity contribution in [1.29, 1.82) is 0 Å². The van der Waals surface area contributed by atoms with Gasteiger partial charge >= 0.3 is 0 Å². The Morgan fingerprint density at radius 3 is 2.58 bits per heavy atom. The highest BCUT2D eigenvalue weighted by Gasteiger charge is 2.13. The molecule has 0 saturated heterocycles. The van der Waals surface area contributed by atoms with E-state index in [2.05, 4.69) is 41.7 Å². The van der Waals surface area contributed by atoms with Gasteiger partial charge in [-0.2, -0.15) is 0 Å². The van der Waals surface area contributed by atoms with Crippen molar-refractivity contribution in [1.82, 2.24) is 10.5 Å². The number of hydrogen-bond donors (Lipinski definition) is 1. The van der Waals surface area contributed by atoms with Crippen LogP contribution in [0, 0.1) is 6.92 Å². The van der Waals surface area contributed by atoms with Crippen molar-refractivity contribution in [2.45, 2.75) is 39.7 Å². The first-order valence-corrected chi connectivity index (χ1v) is 6.95. The molecule has 3 heteroatoms. The Hall–Kier alpha value is -1.61. The van der Waals surface area contributed by atoms with Gasteiger partial charge < -0.3 is 9.84 Å². The van der Waals surface area contributed by atoms with E-state index in [1.54, 1.807) is 0 Å². The van der Waals surface area contributed by atoms with Crippen molar-refractivity contribution in [2.24, 2.45) is 0 Å². The standard InChI is InChI=1S/C16H22N2O/c1-4-5-6-13-7-9-14(10-8-13)16-15(11-17-3)12(2)18-19-16/h7-10,17H,4-6,11H2,1-3H3. The first kappa shape index (κ1) is 13.8. The van der Waals surface area contributed by atoms with Crippen LogP contribution >= 0.6 is 0 Å². The number of unbranched alkanes of at least 4 members (excludes halogenated alkanes) is 1. The molecule has 0 aliphatic carbocycles. The topological polar surface area (TPSA) is 38.1 Å². The summed E-state index contributed by atoms with van der Waals surface area (Å²) in [6.07, 6.45) is 3.62. The van der Waals surface area contributed by atoms with Crippen LogP contribution in [0.3, 0.4) is 0 Å². The van der Waals surface area contributed by atoms with Crippen LogP contribution in [-0.4, -0.2) is 12.2 Å². The summed E-state index contributed by atoms with van der Waals surface area (Å²) in [5.74, 6) is 0.883. The van der Waals surface area contributed by atoms with Crippen LogP contribution in [0.1, 0.15) is 36.6 Å². The fourth-order valence-corrected chi connectivity index (χ4v) is 2.20. The van der Waals surface area contributed by atoms with E-state index in [9.17, 15) is 0 Å². The molecule has 2 rings (SSSR count). The van der Waals surface area contributed by atoms with Crippen LogP contribution in [0.4, 0.5) is 0 Å². The summed E-state index contributed by atoms with van der Waals surface area (Å²) in [5, 5.41) is 7.23. The summed E-state index contributed by atoms with van der Waals surface area (Å²) in [6, 6.07) is 8.63. The van der Waals surface area contributed by atoms with Crippen molar-refractivity contribution < 1.29 is 4.52 Å². The van der Waals surface area contributed by atoms with Gasteiger partial charge in [-0.05, 0) is 32.4 Å². The van der Waals surface area contributed by atoms with E-state index in [4.69, 9.17) is 4.52 Å². The van der Waals surface area contributed by atoms with Crippen LogP contribution in [0.25, 0.3) is 11.3 Å². The number of aromatic nitrogens is 1. The third-order valence-electron chi connectivity index (χ3n) is 3.37. The molecule has 0 amide bonds. The molecule has 0 aliphatic rings. The second-order valence-electron chi connectivity index (χ2n) is 4.91. The van der Waals surface area contributed by atoms with E-state index in [1.165, 1.54) is 18.4 Å². The van der Waals surface area contributed by atoms with Crippen molar-refractivity contribution in [3.8, 4) is 11.3 Å². The average molecular weight is 258 g/mol. The van der Waals surface area contributed by atoms with E-state index in [0.29, 0.717) is 0 Å². The molecule has 1 aromatic heterocycles. The molecule has 1 N–H and O–H groups in total. The molecular weight excluding hydrogens is 236 g/mol.